The third-order valence-electron chi connectivity index (χ3n) is 2.17. The summed E-state index contributed by atoms with van der Waals surface area (Å²) in [5.41, 5.74) is 0. The van der Waals surface area contributed by atoms with Gasteiger partial charge in [-0.2, -0.15) is 0 Å². The van der Waals surface area contributed by atoms with Gasteiger partial charge in [-0.25, -0.2) is 0 Å². The summed E-state index contributed by atoms with van der Waals surface area (Å²) in [6.45, 7) is 0.308. The van der Waals surface area contributed by atoms with Crippen LogP contribution in [0, 0.1) is 11.8 Å². The van der Waals surface area contributed by atoms with Gasteiger partial charge in [-0.3, -0.25) is 4.79 Å². The van der Waals surface area contributed by atoms with Crippen LogP contribution in [0.15, 0.2) is 24.3 Å². The summed E-state index contributed by atoms with van der Waals surface area (Å²) in [7, 11) is 0. The van der Waals surface area contributed by atoms with Gasteiger partial charge in [0.25, 0.3) is 5.91 Å². The van der Waals surface area contributed by atoms with Crippen molar-refractivity contribution in [3.8, 4) is 11.8 Å². The minimum absolute atomic E-state index is 0.131. The van der Waals surface area contributed by atoms with Gasteiger partial charge in [0, 0.05) is 4.88 Å². The molecule has 2 rings (SSSR count). The van der Waals surface area contributed by atoms with Crippen LogP contribution in [0.2, 0.25) is 4.34 Å². The SMILES string of the molecule is O=C(NCc1ccc(C#CCO)s1)c1ccc(Cl)s1. The van der Waals surface area contributed by atoms with E-state index in [4.69, 9.17) is 16.7 Å². The van der Waals surface area contributed by atoms with E-state index < -0.39 is 0 Å². The van der Waals surface area contributed by atoms with Gasteiger partial charge in [0.15, 0.2) is 0 Å². The number of carbonyl (C=O) groups is 1. The molecular weight excluding hydrogens is 302 g/mol. The number of aliphatic hydroxyl groups is 1. The van der Waals surface area contributed by atoms with Crippen molar-refractivity contribution in [1.29, 1.82) is 0 Å². The molecule has 0 aliphatic heterocycles. The number of nitrogens with one attached hydrogen (secondary N) is 1. The lowest BCUT2D eigenvalue weighted by Gasteiger charge is -2.00. The minimum atomic E-state index is -0.150. The molecule has 0 spiro atoms. The van der Waals surface area contributed by atoms with Crippen molar-refractivity contribution in [2.24, 2.45) is 0 Å². The lowest BCUT2D eigenvalue weighted by atomic mass is 10.4. The fourth-order valence-electron chi connectivity index (χ4n) is 1.36. The Kier molecular flexibility index (Phi) is 5.00. The molecule has 2 heterocycles. The van der Waals surface area contributed by atoms with Crippen LogP contribution in [-0.2, 0) is 6.54 Å². The fraction of sp³-hybridized carbons (Fsp3) is 0.154. The maximum absolute atomic E-state index is 11.8. The molecule has 0 atom stereocenters. The van der Waals surface area contributed by atoms with E-state index in [0.717, 1.165) is 9.75 Å². The Morgan fingerprint density at radius 1 is 1.32 bits per heavy atom. The molecule has 0 saturated carbocycles. The normalized spacial score (nSPS) is 9.79. The molecule has 2 aromatic rings. The second-order valence-corrected chi connectivity index (χ2v) is 6.40. The number of carbonyl (C=O) groups excluding carboxylic acids is 1. The Balaban J connectivity index is 1.92. The molecule has 0 saturated heterocycles. The van der Waals surface area contributed by atoms with Crippen LogP contribution in [0.5, 0.6) is 0 Å². The van der Waals surface area contributed by atoms with Crippen molar-refractivity contribution in [1.82, 2.24) is 5.32 Å². The van der Waals surface area contributed by atoms with Gasteiger partial charge < -0.3 is 10.4 Å². The van der Waals surface area contributed by atoms with Crippen molar-refractivity contribution in [2.45, 2.75) is 6.54 Å². The first-order chi connectivity index (χ1) is 9.19. The predicted molar refractivity (Wildman–Crippen MR) is 78.8 cm³/mol. The predicted octanol–water partition coefficient (Wildman–Crippen LogP) is 2.74. The molecule has 6 heteroatoms. The average molecular weight is 312 g/mol. The zero-order valence-corrected chi connectivity index (χ0v) is 12.2. The molecule has 0 unspecified atom stereocenters. The Hall–Kier alpha value is -1.32. The molecule has 3 nitrogen and oxygen atoms in total. The van der Waals surface area contributed by atoms with E-state index in [-0.39, 0.29) is 12.5 Å². The number of amides is 1. The molecular formula is C13H10ClNO2S2. The summed E-state index contributed by atoms with van der Waals surface area (Å²) in [5.74, 6) is 5.28. The fourth-order valence-corrected chi connectivity index (χ4v) is 3.14. The van der Waals surface area contributed by atoms with Crippen molar-refractivity contribution in [3.63, 3.8) is 0 Å². The van der Waals surface area contributed by atoms with Crippen LogP contribution in [0.25, 0.3) is 0 Å². The molecule has 0 bridgehead atoms. The molecule has 1 amide bonds. The van der Waals surface area contributed by atoms with Gasteiger partial charge in [-0.15, -0.1) is 22.7 Å². The Bertz CT molecular complexity index is 636. The lowest BCUT2D eigenvalue weighted by Crippen LogP contribution is -2.21. The second kappa shape index (κ2) is 6.73. The zero-order chi connectivity index (χ0) is 13.7. The standard InChI is InChI=1S/C13H10ClNO2S2/c14-12-6-5-11(19-12)13(17)15-8-10-4-3-9(18-10)2-1-7-16/h3-6,16H,7-8H2,(H,15,17). The molecule has 0 aliphatic carbocycles. The first-order valence-electron chi connectivity index (χ1n) is 5.41. The van der Waals surface area contributed by atoms with E-state index in [1.165, 1.54) is 22.7 Å². The van der Waals surface area contributed by atoms with Crippen LogP contribution in [-0.4, -0.2) is 17.6 Å². The van der Waals surface area contributed by atoms with Gasteiger partial charge in [0.1, 0.15) is 6.61 Å². The van der Waals surface area contributed by atoms with E-state index in [1.807, 2.05) is 12.1 Å². The van der Waals surface area contributed by atoms with E-state index in [2.05, 4.69) is 17.2 Å². The van der Waals surface area contributed by atoms with Crippen molar-refractivity contribution >= 4 is 40.2 Å². The van der Waals surface area contributed by atoms with Crippen LogP contribution in [0.4, 0.5) is 0 Å². The second-order valence-electron chi connectivity index (χ2n) is 3.51. The van der Waals surface area contributed by atoms with Gasteiger partial charge in [-0.05, 0) is 24.3 Å². The number of halogens is 1. The zero-order valence-electron chi connectivity index (χ0n) is 9.77. The van der Waals surface area contributed by atoms with Crippen molar-refractivity contribution in [2.75, 3.05) is 6.61 Å². The number of thiophene rings is 2. The van der Waals surface area contributed by atoms with Crippen LogP contribution < -0.4 is 5.32 Å². The van der Waals surface area contributed by atoms with Gasteiger partial charge in [0.05, 0.1) is 20.6 Å². The molecule has 0 radical (unpaired) electrons. The summed E-state index contributed by atoms with van der Waals surface area (Å²) in [6, 6.07) is 7.19. The maximum Gasteiger partial charge on any atom is 0.261 e. The Labute approximate surface area is 123 Å². The topological polar surface area (TPSA) is 49.3 Å². The lowest BCUT2D eigenvalue weighted by molar-refractivity contribution is 0.0955. The molecule has 0 fully saturated rings. The number of rotatable bonds is 3. The third-order valence-corrected chi connectivity index (χ3v) is 4.40. The third kappa shape index (κ3) is 4.08. The first-order valence-corrected chi connectivity index (χ1v) is 7.42. The first kappa shape index (κ1) is 14.1. The minimum Gasteiger partial charge on any atom is -0.384 e. The van der Waals surface area contributed by atoms with Gasteiger partial charge >= 0.3 is 0 Å². The largest absolute Gasteiger partial charge is 0.384 e. The quantitative estimate of drug-likeness (QED) is 0.856. The van der Waals surface area contributed by atoms with E-state index in [9.17, 15) is 4.79 Å². The Morgan fingerprint density at radius 2 is 2.16 bits per heavy atom. The van der Waals surface area contributed by atoms with Gasteiger partial charge in [0.2, 0.25) is 0 Å². The van der Waals surface area contributed by atoms with Gasteiger partial charge in [-0.1, -0.05) is 23.4 Å². The monoisotopic (exact) mass is 311 g/mol. The van der Waals surface area contributed by atoms with Crippen LogP contribution in [0.1, 0.15) is 19.4 Å². The maximum atomic E-state index is 11.8. The number of aliphatic hydroxyl groups excluding tert-OH is 1. The smallest absolute Gasteiger partial charge is 0.261 e. The summed E-state index contributed by atoms with van der Waals surface area (Å²) in [6.07, 6.45) is 0. The van der Waals surface area contributed by atoms with Crippen molar-refractivity contribution in [3.05, 3.63) is 43.2 Å². The van der Waals surface area contributed by atoms with Crippen LogP contribution >= 0.6 is 34.3 Å². The highest BCUT2D eigenvalue weighted by Crippen LogP contribution is 2.21. The highest BCUT2D eigenvalue weighted by molar-refractivity contribution is 7.18. The summed E-state index contributed by atoms with van der Waals surface area (Å²) in [4.78, 5) is 14.3. The number of hydrogen-bond donors (Lipinski definition) is 2. The summed E-state index contributed by atoms with van der Waals surface area (Å²) >= 11 is 8.53. The van der Waals surface area contributed by atoms with E-state index >= 15 is 0 Å². The summed E-state index contributed by atoms with van der Waals surface area (Å²) in [5, 5.41) is 11.4. The number of hydrogen-bond acceptors (Lipinski definition) is 4. The molecule has 98 valence electrons. The highest BCUT2D eigenvalue weighted by atomic mass is 35.5. The van der Waals surface area contributed by atoms with E-state index in [0.29, 0.717) is 15.8 Å². The highest BCUT2D eigenvalue weighted by Gasteiger charge is 2.08. The van der Waals surface area contributed by atoms with Crippen molar-refractivity contribution < 1.29 is 9.90 Å². The molecule has 0 aliphatic rings. The van der Waals surface area contributed by atoms with E-state index in [1.54, 1.807) is 12.1 Å². The van der Waals surface area contributed by atoms with Crippen LogP contribution in [0.3, 0.4) is 0 Å². The Morgan fingerprint density at radius 3 is 2.84 bits per heavy atom. The molecule has 19 heavy (non-hydrogen) atoms. The average Bonchev–Trinajstić information content (AvgIpc) is 3.02. The molecule has 2 N–H and O–H groups in total. The molecule has 2 aromatic heterocycles. The summed E-state index contributed by atoms with van der Waals surface area (Å²) < 4.78 is 0.600. The molecule has 0 aromatic carbocycles.